The summed E-state index contributed by atoms with van der Waals surface area (Å²) in [5.74, 6) is 0. The molecule has 0 heterocycles. The Balaban J connectivity index is 2.88. The summed E-state index contributed by atoms with van der Waals surface area (Å²) in [6, 6.07) is 8.68. The molecule has 0 radical (unpaired) electrons. The zero-order valence-corrected chi connectivity index (χ0v) is 9.01. The Morgan fingerprint density at radius 2 is 1.78 bits per heavy atom. The first-order valence-electron chi connectivity index (χ1n) is 2.68. The molecule has 9 heavy (non-hydrogen) atoms. The Morgan fingerprint density at radius 3 is 2.22 bits per heavy atom. The van der Waals surface area contributed by atoms with E-state index in [1.165, 1.54) is 9.17 Å². The average Bonchev–Trinajstić information content (AvgIpc) is 1.90. The number of benzene rings is 1. The van der Waals surface area contributed by atoms with Crippen molar-refractivity contribution in [3.8, 4) is 0 Å². The second-order valence-corrected chi connectivity index (χ2v) is 5.85. The first-order valence-corrected chi connectivity index (χ1v) is 9.07. The zero-order chi connectivity index (χ0) is 6.69. The van der Waals surface area contributed by atoms with Gasteiger partial charge in [-0.1, -0.05) is 0 Å². The van der Waals surface area contributed by atoms with E-state index in [-0.39, 0.29) is 18.7 Å². The predicted molar refractivity (Wildman–Crippen MR) is 45.5 cm³/mol. The summed E-state index contributed by atoms with van der Waals surface area (Å²) in [5.41, 5.74) is 1.34. The molecule has 0 unspecified atom stereocenters. The Labute approximate surface area is 71.5 Å². The quantitative estimate of drug-likeness (QED) is 0.692. The van der Waals surface area contributed by atoms with Crippen LogP contribution in [0.3, 0.4) is 0 Å². The second-order valence-electron chi connectivity index (χ2n) is 1.89. The van der Waals surface area contributed by atoms with Crippen molar-refractivity contribution in [3.63, 3.8) is 0 Å². The van der Waals surface area contributed by atoms with Crippen LogP contribution in [0.1, 0.15) is 5.56 Å². The van der Waals surface area contributed by atoms with Crippen LogP contribution < -0.4 is 3.61 Å². The minimum absolute atomic E-state index is 0.0441. The van der Waals surface area contributed by atoms with Gasteiger partial charge in [-0.05, 0) is 0 Å². The molecular weight excluding hydrogens is 292 g/mol. The molecule has 2 heteroatoms. The summed E-state index contributed by atoms with van der Waals surface area (Å²) in [5, 5.41) is 0. The molecule has 0 aliphatic rings. The van der Waals surface area contributed by atoms with Crippen LogP contribution in [0.15, 0.2) is 24.3 Å². The van der Waals surface area contributed by atoms with Gasteiger partial charge in [0, 0.05) is 0 Å². The van der Waals surface area contributed by atoms with Crippen molar-refractivity contribution in [3.05, 3.63) is 29.8 Å². The van der Waals surface area contributed by atoms with Crippen LogP contribution in [0.25, 0.3) is 0 Å². The monoisotopic (exact) mass is 300 g/mol. The van der Waals surface area contributed by atoms with Gasteiger partial charge >= 0.3 is 71.8 Å². The molecule has 0 saturated carbocycles. The van der Waals surface area contributed by atoms with Gasteiger partial charge in [-0.15, -0.1) is 0 Å². The van der Waals surface area contributed by atoms with E-state index in [1.807, 2.05) is 0 Å². The van der Waals surface area contributed by atoms with Crippen molar-refractivity contribution in [2.45, 2.75) is 6.92 Å². The third-order valence-corrected chi connectivity index (χ3v) is 4.90. The molecule has 0 aromatic heterocycles. The van der Waals surface area contributed by atoms with Crippen molar-refractivity contribution in [1.29, 1.82) is 0 Å². The van der Waals surface area contributed by atoms with Gasteiger partial charge in [-0.25, -0.2) is 0 Å². The topological polar surface area (TPSA) is 0 Å². The number of hydrogen-bond donors (Lipinski definition) is 0. The number of hydrogen-bond acceptors (Lipinski definition) is 0. The maximum atomic E-state index is 3.51. The van der Waals surface area contributed by atoms with E-state index in [4.69, 9.17) is 0 Å². The average molecular weight is 299 g/mol. The van der Waals surface area contributed by atoms with E-state index in [1.54, 1.807) is 0 Å². The summed E-state index contributed by atoms with van der Waals surface area (Å²) < 4.78 is 1.46. The fraction of sp³-hybridized carbons (Fsp3) is 0.143. The molecule has 0 nitrogen and oxygen atoms in total. The van der Waals surface area contributed by atoms with Gasteiger partial charge in [-0.2, -0.15) is 0 Å². The van der Waals surface area contributed by atoms with E-state index >= 15 is 0 Å². The van der Waals surface area contributed by atoms with Crippen LogP contribution in [0.2, 0.25) is 0 Å². The second kappa shape index (κ2) is 3.61. The third kappa shape index (κ3) is 2.29. The third-order valence-electron chi connectivity index (χ3n) is 1.11. The summed E-state index contributed by atoms with van der Waals surface area (Å²) >= 11 is 3.47. The minimum atomic E-state index is -0.0441. The molecule has 0 N–H and O–H groups in total. The Morgan fingerprint density at radius 1 is 1.22 bits per heavy atom. The predicted octanol–water partition coefficient (Wildman–Crippen LogP) is 1.63. The fourth-order valence-electron chi connectivity index (χ4n) is 0.590. The standard InChI is InChI=1S/C7H7BrTe/c1-6-2-4-7(9-8)5-3-6/h2-5H,1H3. The molecule has 0 atom stereocenters. The van der Waals surface area contributed by atoms with Crippen LogP contribution in [0, 0.1) is 6.92 Å². The number of halogens is 1. The summed E-state index contributed by atoms with van der Waals surface area (Å²) in [7, 11) is 0. The van der Waals surface area contributed by atoms with Crippen molar-refractivity contribution in [1.82, 2.24) is 0 Å². The van der Waals surface area contributed by atoms with Crippen LogP contribution in [-0.4, -0.2) is 18.7 Å². The first-order chi connectivity index (χ1) is 4.33. The van der Waals surface area contributed by atoms with Crippen molar-refractivity contribution < 1.29 is 0 Å². The molecule has 48 valence electrons. The van der Waals surface area contributed by atoms with Gasteiger partial charge in [0.15, 0.2) is 0 Å². The Hall–Kier alpha value is 0.490. The normalized spacial score (nSPS) is 9.56. The molecule has 1 aromatic rings. The Kier molecular flexibility index (Phi) is 3.04. The van der Waals surface area contributed by atoms with Gasteiger partial charge in [-0.3, -0.25) is 0 Å². The van der Waals surface area contributed by atoms with E-state index in [0.29, 0.717) is 0 Å². The molecule has 1 aromatic carbocycles. The molecule has 0 aliphatic carbocycles. The molecule has 0 fully saturated rings. The van der Waals surface area contributed by atoms with E-state index in [9.17, 15) is 0 Å². The maximum absolute atomic E-state index is 3.51. The molecular formula is C7H7BrTe. The van der Waals surface area contributed by atoms with Crippen LogP contribution in [-0.2, 0) is 0 Å². The van der Waals surface area contributed by atoms with Gasteiger partial charge < -0.3 is 0 Å². The van der Waals surface area contributed by atoms with E-state index in [2.05, 4.69) is 43.9 Å². The van der Waals surface area contributed by atoms with Gasteiger partial charge in [0.05, 0.1) is 0 Å². The van der Waals surface area contributed by atoms with Crippen LogP contribution >= 0.6 is 12.8 Å². The van der Waals surface area contributed by atoms with E-state index in [0.717, 1.165) is 0 Å². The molecule has 0 bridgehead atoms. The fourth-order valence-corrected chi connectivity index (χ4v) is 2.72. The van der Waals surface area contributed by atoms with Gasteiger partial charge in [0.2, 0.25) is 0 Å². The molecule has 0 aliphatic heterocycles. The SMILES string of the molecule is Cc1ccc([Te]Br)cc1. The Bertz CT molecular complexity index is 181. The molecule has 1 rings (SSSR count). The van der Waals surface area contributed by atoms with Crippen molar-refractivity contribution in [2.24, 2.45) is 0 Å². The van der Waals surface area contributed by atoms with E-state index < -0.39 is 0 Å². The summed E-state index contributed by atoms with van der Waals surface area (Å²) in [4.78, 5) is 0. The number of aryl methyl sites for hydroxylation is 1. The summed E-state index contributed by atoms with van der Waals surface area (Å²) in [6.45, 7) is 2.11. The van der Waals surface area contributed by atoms with Gasteiger partial charge in [0.1, 0.15) is 0 Å². The van der Waals surface area contributed by atoms with Gasteiger partial charge in [0.25, 0.3) is 0 Å². The molecule has 0 spiro atoms. The molecule has 0 amide bonds. The number of rotatable bonds is 1. The van der Waals surface area contributed by atoms with Crippen molar-refractivity contribution in [2.75, 3.05) is 0 Å². The van der Waals surface area contributed by atoms with Crippen molar-refractivity contribution >= 4 is 35.1 Å². The zero-order valence-electron chi connectivity index (χ0n) is 5.10. The van der Waals surface area contributed by atoms with Crippen LogP contribution in [0.5, 0.6) is 0 Å². The van der Waals surface area contributed by atoms with Crippen LogP contribution in [0.4, 0.5) is 0 Å². The molecule has 0 saturated heterocycles. The summed E-state index contributed by atoms with van der Waals surface area (Å²) in [6.07, 6.45) is 0. The first kappa shape index (κ1) is 7.59.